The summed E-state index contributed by atoms with van der Waals surface area (Å²) >= 11 is 0. The zero-order chi connectivity index (χ0) is 24.1. The van der Waals surface area contributed by atoms with Crippen molar-refractivity contribution in [1.82, 2.24) is 14.3 Å². The molecule has 0 radical (unpaired) electrons. The van der Waals surface area contributed by atoms with Crippen molar-refractivity contribution in [2.24, 2.45) is 0 Å². The molecule has 0 spiro atoms. The number of benzene rings is 2. The predicted octanol–water partition coefficient (Wildman–Crippen LogP) is 5.59. The third-order valence-corrected chi connectivity index (χ3v) is 7.66. The average molecular weight is 476 g/mol. The van der Waals surface area contributed by atoms with E-state index in [-0.39, 0.29) is 4.90 Å². The Hall–Kier alpha value is -2.91. The first kappa shape index (κ1) is 23.3. The van der Waals surface area contributed by atoms with Crippen LogP contribution in [0.2, 0.25) is 0 Å². The largest absolute Gasteiger partial charge is 0.406 e. The van der Waals surface area contributed by atoms with Gasteiger partial charge in [0.1, 0.15) is 6.04 Å². The van der Waals surface area contributed by atoms with Gasteiger partial charge in [0.2, 0.25) is 10.0 Å². The summed E-state index contributed by atoms with van der Waals surface area (Å²) in [6, 6.07) is 8.49. The number of halogens is 3. The molecular formula is C24H24F3N3O2S. The number of aromatic nitrogens is 2. The maximum absolute atomic E-state index is 14.3. The molecular weight excluding hydrogens is 451 g/mol. The molecule has 4 aromatic rings. The van der Waals surface area contributed by atoms with Crippen molar-refractivity contribution in [3.05, 3.63) is 71.5 Å². The number of para-hydroxylation sites is 1. The lowest BCUT2D eigenvalue weighted by Gasteiger charge is -2.30. The molecule has 0 aliphatic carbocycles. The van der Waals surface area contributed by atoms with Crippen molar-refractivity contribution in [1.29, 1.82) is 0 Å². The Bertz CT molecular complexity index is 1380. The molecule has 2 heterocycles. The standard InChI is InChI=1S/C24H24F3N3O2S/c1-14-11-15(2)22(16(3)12-14)33(31,32)29-23(24(25,26)27)17(4)30-20-8-6-5-7-18(20)19-9-10-28-13-21(19)30/h5-13,17,23,29H,1-4H3. The number of nitrogens with zero attached hydrogens (tertiary/aromatic N) is 2. The Morgan fingerprint density at radius 1 is 0.970 bits per heavy atom. The van der Waals surface area contributed by atoms with E-state index in [1.54, 1.807) is 57.3 Å². The van der Waals surface area contributed by atoms with E-state index < -0.39 is 28.3 Å². The highest BCUT2D eigenvalue weighted by Gasteiger charge is 2.47. The third kappa shape index (κ3) is 4.11. The van der Waals surface area contributed by atoms with E-state index in [4.69, 9.17) is 0 Å². The molecule has 33 heavy (non-hydrogen) atoms. The number of rotatable bonds is 5. The minimum Gasteiger partial charge on any atom is -0.334 e. The van der Waals surface area contributed by atoms with E-state index in [0.29, 0.717) is 22.2 Å². The maximum Gasteiger partial charge on any atom is 0.406 e. The van der Waals surface area contributed by atoms with Gasteiger partial charge in [0.15, 0.2) is 0 Å². The van der Waals surface area contributed by atoms with Crippen LogP contribution < -0.4 is 4.72 Å². The van der Waals surface area contributed by atoms with Crippen LogP contribution in [0, 0.1) is 20.8 Å². The Labute approximate surface area is 190 Å². The lowest BCUT2D eigenvalue weighted by atomic mass is 10.1. The van der Waals surface area contributed by atoms with Gasteiger partial charge >= 0.3 is 6.18 Å². The number of alkyl halides is 3. The zero-order valence-electron chi connectivity index (χ0n) is 18.6. The van der Waals surface area contributed by atoms with Crippen LogP contribution in [0.15, 0.2) is 59.8 Å². The quantitative estimate of drug-likeness (QED) is 0.410. The van der Waals surface area contributed by atoms with Crippen LogP contribution in [-0.4, -0.2) is 30.2 Å². The first-order valence-electron chi connectivity index (χ1n) is 10.4. The fraction of sp³-hybridized carbons (Fsp3) is 0.292. The van der Waals surface area contributed by atoms with Crippen molar-refractivity contribution in [3.63, 3.8) is 0 Å². The summed E-state index contributed by atoms with van der Waals surface area (Å²) in [6.45, 7) is 6.34. The van der Waals surface area contributed by atoms with Crippen molar-refractivity contribution in [2.75, 3.05) is 0 Å². The van der Waals surface area contributed by atoms with Gasteiger partial charge < -0.3 is 4.57 Å². The highest BCUT2D eigenvalue weighted by atomic mass is 32.2. The minimum absolute atomic E-state index is 0.126. The van der Waals surface area contributed by atoms with Gasteiger partial charge in [-0.2, -0.15) is 17.9 Å². The topological polar surface area (TPSA) is 64.0 Å². The van der Waals surface area contributed by atoms with Crippen LogP contribution in [0.5, 0.6) is 0 Å². The molecule has 2 unspecified atom stereocenters. The predicted molar refractivity (Wildman–Crippen MR) is 123 cm³/mol. The summed E-state index contributed by atoms with van der Waals surface area (Å²) in [5.74, 6) is 0. The lowest BCUT2D eigenvalue weighted by molar-refractivity contribution is -0.159. The number of nitrogens with one attached hydrogen (secondary N) is 1. The molecule has 4 rings (SSSR count). The molecule has 0 aliphatic heterocycles. The molecule has 9 heteroatoms. The molecule has 2 aromatic carbocycles. The van der Waals surface area contributed by atoms with Gasteiger partial charge in [-0.25, -0.2) is 8.42 Å². The second-order valence-electron chi connectivity index (χ2n) is 8.39. The SMILES string of the molecule is Cc1cc(C)c(S(=O)(=O)NC(C(C)n2c3ccccc3c3ccncc32)C(F)(F)F)c(C)c1. The molecule has 174 valence electrons. The Kier molecular flexibility index (Phi) is 5.74. The van der Waals surface area contributed by atoms with Crippen molar-refractivity contribution >= 4 is 31.8 Å². The Morgan fingerprint density at radius 3 is 2.21 bits per heavy atom. The van der Waals surface area contributed by atoms with Crippen LogP contribution >= 0.6 is 0 Å². The molecule has 5 nitrogen and oxygen atoms in total. The van der Waals surface area contributed by atoms with Gasteiger partial charge in [0, 0.05) is 22.5 Å². The molecule has 0 bridgehead atoms. The van der Waals surface area contributed by atoms with Crippen LogP contribution in [-0.2, 0) is 10.0 Å². The first-order valence-corrected chi connectivity index (χ1v) is 11.9. The summed E-state index contributed by atoms with van der Waals surface area (Å²) in [5, 5.41) is 1.53. The molecule has 0 saturated heterocycles. The molecule has 0 amide bonds. The third-order valence-electron chi connectivity index (χ3n) is 5.91. The second-order valence-corrected chi connectivity index (χ2v) is 10.0. The van der Waals surface area contributed by atoms with Crippen LogP contribution in [0.4, 0.5) is 13.2 Å². The number of sulfonamides is 1. The minimum atomic E-state index is -4.83. The highest BCUT2D eigenvalue weighted by Crippen LogP contribution is 2.37. The van der Waals surface area contributed by atoms with Crippen LogP contribution in [0.25, 0.3) is 21.8 Å². The maximum atomic E-state index is 14.3. The monoisotopic (exact) mass is 475 g/mol. The summed E-state index contributed by atoms with van der Waals surface area (Å²) in [4.78, 5) is 3.96. The molecule has 0 saturated carbocycles. The zero-order valence-corrected chi connectivity index (χ0v) is 19.4. The smallest absolute Gasteiger partial charge is 0.334 e. The summed E-state index contributed by atoms with van der Waals surface area (Å²) < 4.78 is 72.9. The number of hydrogen-bond donors (Lipinski definition) is 1. The summed E-state index contributed by atoms with van der Waals surface area (Å²) in [6.07, 6.45) is -1.75. The van der Waals surface area contributed by atoms with Crippen molar-refractivity contribution < 1.29 is 21.6 Å². The second kappa shape index (κ2) is 8.14. The van der Waals surface area contributed by atoms with E-state index >= 15 is 0 Å². The lowest BCUT2D eigenvalue weighted by Crippen LogP contribution is -2.50. The molecule has 0 fully saturated rings. The summed E-state index contributed by atoms with van der Waals surface area (Å²) in [5.41, 5.74) is 2.71. The van der Waals surface area contributed by atoms with Crippen molar-refractivity contribution in [2.45, 2.75) is 50.9 Å². The van der Waals surface area contributed by atoms with Gasteiger partial charge in [-0.1, -0.05) is 35.9 Å². The number of hydrogen-bond acceptors (Lipinski definition) is 3. The fourth-order valence-corrected chi connectivity index (χ4v) is 6.44. The van der Waals surface area contributed by atoms with Crippen LogP contribution in [0.3, 0.4) is 0 Å². The van der Waals surface area contributed by atoms with E-state index in [0.717, 1.165) is 16.3 Å². The molecule has 1 N–H and O–H groups in total. The number of pyridine rings is 1. The van der Waals surface area contributed by atoms with Crippen molar-refractivity contribution in [3.8, 4) is 0 Å². The van der Waals surface area contributed by atoms with Crippen LogP contribution in [0.1, 0.15) is 29.7 Å². The average Bonchev–Trinajstić information content (AvgIpc) is 3.04. The van der Waals surface area contributed by atoms with E-state index in [1.165, 1.54) is 17.7 Å². The van der Waals surface area contributed by atoms with Gasteiger partial charge in [0.25, 0.3) is 0 Å². The fourth-order valence-electron chi connectivity index (χ4n) is 4.69. The Balaban J connectivity index is 1.87. The first-order chi connectivity index (χ1) is 15.4. The number of fused-ring (bicyclic) bond motifs is 3. The molecule has 2 atom stereocenters. The van der Waals surface area contributed by atoms with Gasteiger partial charge in [-0.3, -0.25) is 4.98 Å². The van der Waals surface area contributed by atoms with Gasteiger partial charge in [-0.05, 0) is 51.0 Å². The van der Waals surface area contributed by atoms with E-state index in [1.807, 2.05) is 16.9 Å². The molecule has 2 aromatic heterocycles. The summed E-state index contributed by atoms with van der Waals surface area (Å²) in [7, 11) is -4.46. The van der Waals surface area contributed by atoms with E-state index in [9.17, 15) is 21.6 Å². The highest BCUT2D eigenvalue weighted by molar-refractivity contribution is 7.89. The van der Waals surface area contributed by atoms with Gasteiger partial charge in [-0.15, -0.1) is 0 Å². The normalized spacial score (nSPS) is 14.6. The van der Waals surface area contributed by atoms with E-state index in [2.05, 4.69) is 4.98 Å². The molecule has 0 aliphatic rings. The van der Waals surface area contributed by atoms with Gasteiger partial charge in [0.05, 0.1) is 22.7 Å². The number of aryl methyl sites for hydroxylation is 3. The Morgan fingerprint density at radius 2 is 1.58 bits per heavy atom.